The molecule has 1 aromatic rings. The molecule has 0 fully saturated rings. The van der Waals surface area contributed by atoms with Crippen LogP contribution in [0.1, 0.15) is 52.8 Å². The molecule has 18 heavy (non-hydrogen) atoms. The first-order valence-corrected chi connectivity index (χ1v) is 6.96. The summed E-state index contributed by atoms with van der Waals surface area (Å²) >= 11 is 0. The zero-order valence-electron chi connectivity index (χ0n) is 12.5. The Morgan fingerprint density at radius 1 is 1.39 bits per heavy atom. The zero-order chi connectivity index (χ0) is 13.6. The molecule has 0 aliphatic rings. The molecule has 1 rings (SSSR count). The molecule has 1 heterocycles. The van der Waals surface area contributed by atoms with Crippen molar-refractivity contribution in [1.82, 2.24) is 9.88 Å². The van der Waals surface area contributed by atoms with Crippen LogP contribution in [0.5, 0.6) is 0 Å². The fourth-order valence-electron chi connectivity index (χ4n) is 1.94. The summed E-state index contributed by atoms with van der Waals surface area (Å²) in [5, 5.41) is 3.52. The van der Waals surface area contributed by atoms with Gasteiger partial charge in [-0.3, -0.25) is 0 Å². The average molecular weight is 252 g/mol. The van der Waals surface area contributed by atoms with Crippen LogP contribution in [0.25, 0.3) is 0 Å². The van der Waals surface area contributed by atoms with E-state index in [1.165, 1.54) is 5.69 Å². The van der Waals surface area contributed by atoms with Crippen molar-refractivity contribution in [3.8, 4) is 0 Å². The maximum absolute atomic E-state index is 5.78. The Labute approximate surface area is 112 Å². The summed E-state index contributed by atoms with van der Waals surface area (Å²) in [6, 6.07) is 4.69. The van der Waals surface area contributed by atoms with Crippen LogP contribution < -0.4 is 5.32 Å². The van der Waals surface area contributed by atoms with E-state index in [-0.39, 0.29) is 5.60 Å². The van der Waals surface area contributed by atoms with Crippen molar-refractivity contribution < 1.29 is 4.74 Å². The van der Waals surface area contributed by atoms with Crippen LogP contribution >= 0.6 is 0 Å². The molecule has 0 saturated heterocycles. The molecule has 0 aromatic carbocycles. The van der Waals surface area contributed by atoms with Crippen LogP contribution in [-0.4, -0.2) is 23.3 Å². The number of aromatic nitrogens is 1. The van der Waals surface area contributed by atoms with Gasteiger partial charge in [-0.15, -0.1) is 0 Å². The van der Waals surface area contributed by atoms with E-state index >= 15 is 0 Å². The maximum Gasteiger partial charge on any atom is 0.0652 e. The third-order valence-corrected chi connectivity index (χ3v) is 2.88. The van der Waals surface area contributed by atoms with Crippen LogP contribution in [0, 0.1) is 0 Å². The van der Waals surface area contributed by atoms with Gasteiger partial charge < -0.3 is 14.6 Å². The molecular weight excluding hydrogens is 224 g/mol. The van der Waals surface area contributed by atoms with Crippen LogP contribution in [0.2, 0.25) is 0 Å². The second kappa shape index (κ2) is 6.95. The average Bonchev–Trinajstić information content (AvgIpc) is 2.72. The normalized spacial score (nSPS) is 13.8. The summed E-state index contributed by atoms with van der Waals surface area (Å²) in [5.74, 6) is 0. The van der Waals surface area contributed by atoms with Gasteiger partial charge in [0.2, 0.25) is 0 Å². The molecule has 0 saturated carbocycles. The van der Waals surface area contributed by atoms with E-state index < -0.39 is 0 Å². The van der Waals surface area contributed by atoms with Crippen molar-refractivity contribution in [3.63, 3.8) is 0 Å². The molecule has 1 N–H and O–H groups in total. The van der Waals surface area contributed by atoms with Gasteiger partial charge in [0.05, 0.1) is 12.2 Å². The predicted molar refractivity (Wildman–Crippen MR) is 76.8 cm³/mol. The molecule has 0 spiro atoms. The van der Waals surface area contributed by atoms with Gasteiger partial charge in [0.15, 0.2) is 0 Å². The number of nitrogens with zero attached hydrogens (tertiary/aromatic N) is 1. The van der Waals surface area contributed by atoms with Crippen molar-refractivity contribution >= 4 is 0 Å². The lowest BCUT2D eigenvalue weighted by Gasteiger charge is -2.21. The van der Waals surface area contributed by atoms with Gasteiger partial charge in [0, 0.05) is 24.5 Å². The first-order valence-electron chi connectivity index (χ1n) is 6.96. The molecular formula is C15H28N2O. The molecule has 3 nitrogen and oxygen atoms in total. The number of nitrogens with one attached hydrogen (secondary N) is 1. The van der Waals surface area contributed by atoms with Crippen molar-refractivity contribution in [2.75, 3.05) is 13.2 Å². The van der Waals surface area contributed by atoms with Crippen LogP contribution in [0.15, 0.2) is 18.3 Å². The van der Waals surface area contributed by atoms with E-state index in [4.69, 9.17) is 4.74 Å². The largest absolute Gasteiger partial charge is 0.374 e. The fraction of sp³-hybridized carbons (Fsp3) is 0.733. The third-order valence-electron chi connectivity index (χ3n) is 2.88. The smallest absolute Gasteiger partial charge is 0.0652 e. The highest BCUT2D eigenvalue weighted by Gasteiger charge is 2.12. The lowest BCUT2D eigenvalue weighted by Crippen LogP contribution is -2.24. The second-order valence-corrected chi connectivity index (χ2v) is 5.76. The summed E-state index contributed by atoms with van der Waals surface area (Å²) in [4.78, 5) is 0. The lowest BCUT2D eigenvalue weighted by molar-refractivity contribution is -0.00710. The molecule has 0 amide bonds. The number of hydrogen-bond acceptors (Lipinski definition) is 2. The van der Waals surface area contributed by atoms with E-state index in [0.29, 0.717) is 6.04 Å². The number of rotatable bonds is 7. The third kappa shape index (κ3) is 5.23. The van der Waals surface area contributed by atoms with Crippen LogP contribution in [0.4, 0.5) is 0 Å². The van der Waals surface area contributed by atoms with Gasteiger partial charge in [0.1, 0.15) is 0 Å². The highest BCUT2D eigenvalue weighted by atomic mass is 16.5. The molecule has 104 valence electrons. The summed E-state index contributed by atoms with van der Waals surface area (Å²) in [5.41, 5.74) is 1.28. The molecule has 1 atom stereocenters. The monoisotopic (exact) mass is 252 g/mol. The van der Waals surface area contributed by atoms with Crippen molar-refractivity contribution in [1.29, 1.82) is 0 Å². The van der Waals surface area contributed by atoms with Gasteiger partial charge in [0.25, 0.3) is 0 Å². The second-order valence-electron chi connectivity index (χ2n) is 5.76. The lowest BCUT2D eigenvalue weighted by atomic mass is 10.2. The highest BCUT2D eigenvalue weighted by molar-refractivity contribution is 5.11. The summed E-state index contributed by atoms with van der Waals surface area (Å²) in [6.07, 6.45) is 3.30. The van der Waals surface area contributed by atoms with Gasteiger partial charge in [-0.25, -0.2) is 0 Å². The number of ether oxygens (including phenoxy) is 1. The Kier molecular flexibility index (Phi) is 5.89. The molecule has 3 heteroatoms. The topological polar surface area (TPSA) is 26.2 Å². The quantitative estimate of drug-likeness (QED) is 0.805. The van der Waals surface area contributed by atoms with E-state index in [2.05, 4.69) is 62.8 Å². The molecule has 0 bridgehead atoms. The minimum Gasteiger partial charge on any atom is -0.374 e. The first-order chi connectivity index (χ1) is 8.44. The van der Waals surface area contributed by atoms with Gasteiger partial charge in [-0.1, -0.05) is 6.92 Å². The van der Waals surface area contributed by atoms with Crippen molar-refractivity contribution in [3.05, 3.63) is 24.0 Å². The van der Waals surface area contributed by atoms with E-state index in [1.54, 1.807) is 0 Å². The fourth-order valence-corrected chi connectivity index (χ4v) is 1.94. The Bertz CT molecular complexity index is 339. The predicted octanol–water partition coefficient (Wildman–Crippen LogP) is 3.36. The van der Waals surface area contributed by atoms with E-state index in [9.17, 15) is 0 Å². The maximum atomic E-state index is 5.78. The van der Waals surface area contributed by atoms with Gasteiger partial charge in [-0.2, -0.15) is 0 Å². The molecule has 0 radical (unpaired) electrons. The zero-order valence-corrected chi connectivity index (χ0v) is 12.5. The van der Waals surface area contributed by atoms with E-state index in [1.807, 2.05) is 0 Å². The van der Waals surface area contributed by atoms with Crippen LogP contribution in [0.3, 0.4) is 0 Å². The highest BCUT2D eigenvalue weighted by Crippen LogP contribution is 2.14. The molecule has 0 aliphatic carbocycles. The van der Waals surface area contributed by atoms with Gasteiger partial charge in [-0.05, 0) is 52.8 Å². The first kappa shape index (κ1) is 15.3. The minimum absolute atomic E-state index is 0.0562. The van der Waals surface area contributed by atoms with Gasteiger partial charge >= 0.3 is 0 Å². The molecule has 1 unspecified atom stereocenters. The molecule has 1 aromatic heterocycles. The summed E-state index contributed by atoms with van der Waals surface area (Å²) in [7, 11) is 0. The Morgan fingerprint density at radius 2 is 2.11 bits per heavy atom. The van der Waals surface area contributed by atoms with E-state index in [0.717, 1.165) is 26.1 Å². The SMILES string of the molecule is CCCNC(C)c1cccn1CCOC(C)(C)C. The molecule has 0 aliphatic heterocycles. The minimum atomic E-state index is -0.0562. The van der Waals surface area contributed by atoms with Crippen LogP contribution in [-0.2, 0) is 11.3 Å². The summed E-state index contributed by atoms with van der Waals surface area (Å²) < 4.78 is 8.05. The van der Waals surface area contributed by atoms with Crippen molar-refractivity contribution in [2.45, 2.75) is 59.2 Å². The Morgan fingerprint density at radius 3 is 2.72 bits per heavy atom. The van der Waals surface area contributed by atoms with Crippen molar-refractivity contribution in [2.24, 2.45) is 0 Å². The Balaban J connectivity index is 2.49. The summed E-state index contributed by atoms with van der Waals surface area (Å²) in [6.45, 7) is 13.4. The Hall–Kier alpha value is -0.800. The standard InChI is InChI=1S/C15H28N2O/c1-6-9-16-13(2)14-8-7-10-17(14)11-12-18-15(3,4)5/h7-8,10,13,16H,6,9,11-12H2,1-5H3. The number of hydrogen-bond donors (Lipinski definition) is 1.